The summed E-state index contributed by atoms with van der Waals surface area (Å²) in [6.45, 7) is 3.83. The molecule has 0 spiro atoms. The Hall–Kier alpha value is -1.25. The van der Waals surface area contributed by atoms with E-state index in [9.17, 15) is 5.11 Å². The van der Waals surface area contributed by atoms with E-state index < -0.39 is 0 Å². The van der Waals surface area contributed by atoms with Gasteiger partial charge in [0.15, 0.2) is 12.4 Å². The van der Waals surface area contributed by atoms with E-state index in [4.69, 9.17) is 0 Å². The van der Waals surface area contributed by atoms with Crippen molar-refractivity contribution in [2.45, 2.75) is 13.8 Å². The van der Waals surface area contributed by atoms with Gasteiger partial charge in [0.2, 0.25) is 0 Å². The molecular weight excluding hydrogens is 257 g/mol. The molecule has 92 valence electrons. The normalized spacial score (nSPS) is 9.06. The maximum Gasteiger partial charge on any atom is 0.174 e. The van der Waals surface area contributed by atoms with Crippen molar-refractivity contribution in [1.29, 1.82) is 0 Å². The predicted molar refractivity (Wildman–Crippen MR) is 66.8 cm³/mol. The number of aryl methyl sites for hydroxylation is 2. The first-order valence-electron chi connectivity index (χ1n) is 4.95. The highest BCUT2D eigenvalue weighted by atomic mass is 35.5. The number of H-pyrrole nitrogens is 1. The van der Waals surface area contributed by atoms with Crippen molar-refractivity contribution < 1.29 is 22.5 Å². The van der Waals surface area contributed by atoms with Gasteiger partial charge in [-0.15, -0.1) is 12.4 Å². The summed E-state index contributed by atoms with van der Waals surface area (Å²) in [6, 6.07) is 7.99. The predicted octanol–water partition coefficient (Wildman–Crippen LogP) is -0.0841. The minimum Gasteiger partial charge on any atom is -1.00 e. The number of aromatic amines is 1. The van der Waals surface area contributed by atoms with Crippen LogP contribution in [0, 0.1) is 13.8 Å². The smallest absolute Gasteiger partial charge is 0.174 e. The Morgan fingerprint density at radius 1 is 1.06 bits per heavy atom. The van der Waals surface area contributed by atoms with Gasteiger partial charge in [-0.3, -0.25) is 0 Å². The molecule has 2 nitrogen and oxygen atoms in total. The van der Waals surface area contributed by atoms with Gasteiger partial charge < -0.3 is 17.5 Å². The topological polar surface area (TPSA) is 34.4 Å². The second-order valence-corrected chi connectivity index (χ2v) is 3.75. The molecule has 0 saturated carbocycles. The Bertz CT molecular complexity index is 463. The van der Waals surface area contributed by atoms with Gasteiger partial charge in [0.1, 0.15) is 5.75 Å². The molecule has 0 atom stereocenters. The first kappa shape index (κ1) is 15.8. The van der Waals surface area contributed by atoms with Crippen LogP contribution in [-0.4, -0.2) is 5.11 Å². The molecule has 0 bridgehead atoms. The van der Waals surface area contributed by atoms with Crippen LogP contribution in [0.25, 0.3) is 11.1 Å². The third-order valence-corrected chi connectivity index (χ3v) is 2.53. The molecule has 0 unspecified atom stereocenters. The summed E-state index contributed by atoms with van der Waals surface area (Å²) in [7, 11) is 0. The number of pyridine rings is 1. The van der Waals surface area contributed by atoms with E-state index in [0.717, 1.165) is 22.3 Å². The summed E-state index contributed by atoms with van der Waals surface area (Å²) in [6.07, 6.45) is 3.83. The van der Waals surface area contributed by atoms with Crippen LogP contribution in [0.15, 0.2) is 36.7 Å². The molecule has 4 heteroatoms. The number of aromatic hydroxyl groups is 1. The minimum atomic E-state index is 0. The van der Waals surface area contributed by atoms with Crippen molar-refractivity contribution in [2.24, 2.45) is 0 Å². The van der Waals surface area contributed by atoms with Crippen molar-refractivity contribution in [3.8, 4) is 16.9 Å². The van der Waals surface area contributed by atoms with Crippen LogP contribution in [0.4, 0.5) is 0 Å². The molecule has 1 aromatic carbocycles. The maximum absolute atomic E-state index is 9.67. The average molecular weight is 272 g/mol. The summed E-state index contributed by atoms with van der Waals surface area (Å²) >= 11 is 0. The minimum absolute atomic E-state index is 0. The first-order valence-corrected chi connectivity index (χ1v) is 4.95. The average Bonchev–Trinajstić information content (AvgIpc) is 2.26. The highest BCUT2D eigenvalue weighted by Crippen LogP contribution is 2.28. The van der Waals surface area contributed by atoms with E-state index in [-0.39, 0.29) is 24.8 Å². The summed E-state index contributed by atoms with van der Waals surface area (Å²) in [5, 5.41) is 9.67. The quantitative estimate of drug-likeness (QED) is 0.774. The zero-order valence-electron chi connectivity index (χ0n) is 9.70. The number of nitrogens with one attached hydrogen (secondary N) is 1. The summed E-state index contributed by atoms with van der Waals surface area (Å²) < 4.78 is 0. The highest BCUT2D eigenvalue weighted by molar-refractivity contribution is 5.85. The Balaban J connectivity index is 0.00000128. The third kappa shape index (κ3) is 3.35. The van der Waals surface area contributed by atoms with Gasteiger partial charge in [-0.2, -0.15) is 0 Å². The van der Waals surface area contributed by atoms with Gasteiger partial charge in [-0.1, -0.05) is 0 Å². The Labute approximate surface area is 114 Å². The fourth-order valence-corrected chi connectivity index (χ4v) is 1.70. The monoisotopic (exact) mass is 271 g/mol. The van der Waals surface area contributed by atoms with Gasteiger partial charge in [0.05, 0.1) is 0 Å². The van der Waals surface area contributed by atoms with E-state index in [1.807, 2.05) is 50.5 Å². The van der Waals surface area contributed by atoms with E-state index >= 15 is 0 Å². The molecular formula is C13H15Cl2NO. The van der Waals surface area contributed by atoms with Crippen molar-refractivity contribution in [1.82, 2.24) is 0 Å². The Morgan fingerprint density at radius 3 is 2.12 bits per heavy atom. The van der Waals surface area contributed by atoms with Crippen LogP contribution in [0.3, 0.4) is 0 Å². The molecule has 0 aliphatic heterocycles. The molecule has 0 amide bonds. The number of rotatable bonds is 1. The summed E-state index contributed by atoms with van der Waals surface area (Å²) in [5.74, 6) is 0.388. The van der Waals surface area contributed by atoms with Gasteiger partial charge in [0, 0.05) is 11.6 Å². The molecule has 0 aliphatic carbocycles. The standard InChI is InChI=1S/C13H13NO.2ClH/c1-9-6-12(7-10(2)13(9)15)11-4-3-5-14-8-11;;/h3-8,15H,1-2H3;2*1H. The second kappa shape index (κ2) is 6.48. The largest absolute Gasteiger partial charge is 1.00 e. The lowest BCUT2D eigenvalue weighted by Crippen LogP contribution is -3.00. The Morgan fingerprint density at radius 2 is 1.65 bits per heavy atom. The van der Waals surface area contributed by atoms with E-state index in [2.05, 4.69) is 4.98 Å². The fraction of sp³-hybridized carbons (Fsp3) is 0.154. The zero-order chi connectivity index (χ0) is 10.8. The van der Waals surface area contributed by atoms with E-state index in [1.165, 1.54) is 0 Å². The molecule has 2 aromatic rings. The molecule has 2 rings (SSSR count). The van der Waals surface area contributed by atoms with Crippen molar-refractivity contribution in [3.05, 3.63) is 47.8 Å². The molecule has 0 saturated heterocycles. The number of benzene rings is 1. The van der Waals surface area contributed by atoms with Crippen LogP contribution in [0.5, 0.6) is 5.75 Å². The lowest BCUT2D eigenvalue weighted by atomic mass is 10.0. The number of aromatic nitrogens is 1. The maximum atomic E-state index is 9.67. The first-order chi connectivity index (χ1) is 7.18. The fourth-order valence-electron chi connectivity index (χ4n) is 1.70. The van der Waals surface area contributed by atoms with Crippen molar-refractivity contribution >= 4 is 12.4 Å². The third-order valence-electron chi connectivity index (χ3n) is 2.53. The van der Waals surface area contributed by atoms with E-state index in [0.29, 0.717) is 5.75 Å². The van der Waals surface area contributed by atoms with Crippen LogP contribution < -0.4 is 17.4 Å². The van der Waals surface area contributed by atoms with Crippen molar-refractivity contribution in [2.75, 3.05) is 0 Å². The SMILES string of the molecule is Cc1cc(-c2ccc[nH+]c2)cc(C)c1O.Cl.[Cl-]. The molecule has 17 heavy (non-hydrogen) atoms. The molecule has 0 radical (unpaired) electrons. The molecule has 0 fully saturated rings. The number of hydrogen-bond acceptors (Lipinski definition) is 1. The van der Waals surface area contributed by atoms with Crippen molar-refractivity contribution in [3.63, 3.8) is 0 Å². The number of halogens is 2. The number of phenols is 1. The lowest BCUT2D eigenvalue weighted by molar-refractivity contribution is -0.377. The van der Waals surface area contributed by atoms with Gasteiger partial charge in [0.25, 0.3) is 0 Å². The molecule has 2 N–H and O–H groups in total. The van der Waals surface area contributed by atoms with Gasteiger partial charge in [-0.05, 0) is 48.7 Å². The van der Waals surface area contributed by atoms with Crippen LogP contribution in [0.1, 0.15) is 11.1 Å². The van der Waals surface area contributed by atoms with E-state index in [1.54, 1.807) is 0 Å². The summed E-state index contributed by atoms with van der Waals surface area (Å²) in [4.78, 5) is 3.05. The number of hydrogen-bond donors (Lipinski definition) is 1. The number of phenolic OH excluding ortho intramolecular Hbond substituents is 1. The second-order valence-electron chi connectivity index (χ2n) is 3.75. The zero-order valence-corrected chi connectivity index (χ0v) is 11.3. The molecule has 0 aliphatic rings. The van der Waals surface area contributed by atoms with Gasteiger partial charge in [-0.25, -0.2) is 4.98 Å². The lowest BCUT2D eigenvalue weighted by Gasteiger charge is -2.06. The molecule has 1 heterocycles. The Kier molecular flexibility index (Phi) is 6.00. The summed E-state index contributed by atoms with van der Waals surface area (Å²) in [5.41, 5.74) is 4.08. The van der Waals surface area contributed by atoms with Crippen LogP contribution in [0.2, 0.25) is 0 Å². The van der Waals surface area contributed by atoms with Crippen LogP contribution in [-0.2, 0) is 0 Å². The molecule has 1 aromatic heterocycles. The highest BCUT2D eigenvalue weighted by Gasteiger charge is 2.06. The van der Waals surface area contributed by atoms with Gasteiger partial charge >= 0.3 is 0 Å². The van der Waals surface area contributed by atoms with Crippen LogP contribution >= 0.6 is 12.4 Å².